The van der Waals surface area contributed by atoms with Gasteiger partial charge in [0.15, 0.2) is 11.5 Å². The zero-order valence-electron chi connectivity index (χ0n) is 15.2. The first-order valence-corrected chi connectivity index (χ1v) is 8.55. The largest absolute Gasteiger partial charge is 0.481 e. The summed E-state index contributed by atoms with van der Waals surface area (Å²) in [4.78, 5) is 20.0. The smallest absolute Gasteiger partial charge is 0.416 e. The molecular formula is C19H15F3N6O. The molecule has 7 nitrogen and oxygen atoms in total. The van der Waals surface area contributed by atoms with Crippen molar-refractivity contribution >= 4 is 17.0 Å². The molecule has 0 unspecified atom stereocenters. The van der Waals surface area contributed by atoms with Crippen LogP contribution in [0.25, 0.3) is 22.6 Å². The Morgan fingerprint density at radius 1 is 1.10 bits per heavy atom. The number of imidazole rings is 1. The second-order valence-corrected chi connectivity index (χ2v) is 6.15. The maximum absolute atomic E-state index is 12.9. The molecule has 4 aromatic rings. The maximum atomic E-state index is 12.9. The van der Waals surface area contributed by atoms with Crippen molar-refractivity contribution in [3.05, 3.63) is 60.0 Å². The molecule has 29 heavy (non-hydrogen) atoms. The summed E-state index contributed by atoms with van der Waals surface area (Å²) in [6, 6.07) is 8.64. The molecule has 0 aliphatic heterocycles. The van der Waals surface area contributed by atoms with Crippen molar-refractivity contribution in [3.63, 3.8) is 0 Å². The number of alkyl halides is 3. The van der Waals surface area contributed by atoms with Crippen molar-refractivity contribution < 1.29 is 17.9 Å². The molecule has 0 saturated carbocycles. The molecule has 1 aromatic carbocycles. The summed E-state index contributed by atoms with van der Waals surface area (Å²) in [5.74, 6) is 1.46. The van der Waals surface area contributed by atoms with E-state index in [-0.39, 0.29) is 6.54 Å². The zero-order chi connectivity index (χ0) is 20.4. The van der Waals surface area contributed by atoms with Crippen LogP contribution in [0, 0.1) is 0 Å². The highest BCUT2D eigenvalue weighted by Crippen LogP contribution is 2.30. The number of H-pyrrole nitrogens is 1. The molecule has 0 atom stereocenters. The number of nitrogens with zero attached hydrogens (tertiary/aromatic N) is 4. The van der Waals surface area contributed by atoms with Crippen molar-refractivity contribution in [2.75, 3.05) is 12.4 Å². The van der Waals surface area contributed by atoms with Gasteiger partial charge >= 0.3 is 6.18 Å². The third-order valence-corrected chi connectivity index (χ3v) is 4.22. The highest BCUT2D eigenvalue weighted by molar-refractivity contribution is 5.85. The molecule has 0 spiro atoms. The topological polar surface area (TPSA) is 88.6 Å². The number of anilines is 1. The van der Waals surface area contributed by atoms with Crippen LogP contribution in [0.3, 0.4) is 0 Å². The van der Waals surface area contributed by atoms with E-state index in [4.69, 9.17) is 4.74 Å². The standard InChI is InChI=1S/C19H15F3N6O/c1-29-14-6-5-12(9-23-14)16-27-15-17(25-10-26-18(15)28-16)24-8-11-3-2-4-13(7-11)19(20,21)22/h2-7,9-10H,8H2,1H3,(H2,24,25,26,27,28). The maximum Gasteiger partial charge on any atom is 0.416 e. The molecule has 0 aliphatic carbocycles. The van der Waals surface area contributed by atoms with Crippen LogP contribution in [0.15, 0.2) is 48.9 Å². The summed E-state index contributed by atoms with van der Waals surface area (Å²) < 4.78 is 43.7. The molecule has 148 valence electrons. The highest BCUT2D eigenvalue weighted by Gasteiger charge is 2.30. The Labute approximate surface area is 163 Å². The Kier molecular flexibility index (Phi) is 4.75. The van der Waals surface area contributed by atoms with Gasteiger partial charge in [0, 0.05) is 24.4 Å². The highest BCUT2D eigenvalue weighted by atomic mass is 19.4. The fourth-order valence-corrected chi connectivity index (χ4v) is 2.78. The van der Waals surface area contributed by atoms with Gasteiger partial charge < -0.3 is 15.0 Å². The number of hydrogen-bond donors (Lipinski definition) is 2. The van der Waals surface area contributed by atoms with Gasteiger partial charge in [0.25, 0.3) is 0 Å². The number of aromatic amines is 1. The number of rotatable bonds is 5. The average Bonchev–Trinajstić information content (AvgIpc) is 3.17. The van der Waals surface area contributed by atoms with Gasteiger partial charge in [0.2, 0.25) is 5.88 Å². The predicted octanol–water partition coefficient (Wildman–Crippen LogP) is 4.05. The second-order valence-electron chi connectivity index (χ2n) is 6.15. The van der Waals surface area contributed by atoms with Crippen molar-refractivity contribution in [1.82, 2.24) is 24.9 Å². The normalized spacial score (nSPS) is 11.6. The summed E-state index contributed by atoms with van der Waals surface area (Å²) in [7, 11) is 1.53. The average molecular weight is 400 g/mol. The van der Waals surface area contributed by atoms with Gasteiger partial charge in [-0.15, -0.1) is 0 Å². The van der Waals surface area contributed by atoms with E-state index >= 15 is 0 Å². The third-order valence-electron chi connectivity index (χ3n) is 4.22. The van der Waals surface area contributed by atoms with Crippen LogP contribution in [0.2, 0.25) is 0 Å². The molecule has 0 radical (unpaired) electrons. The first-order valence-electron chi connectivity index (χ1n) is 8.55. The number of fused-ring (bicyclic) bond motifs is 1. The lowest BCUT2D eigenvalue weighted by atomic mass is 10.1. The number of ether oxygens (including phenoxy) is 1. The summed E-state index contributed by atoms with van der Waals surface area (Å²) in [5.41, 5.74) is 1.49. The van der Waals surface area contributed by atoms with E-state index in [2.05, 4.69) is 30.2 Å². The second kappa shape index (κ2) is 7.38. The van der Waals surface area contributed by atoms with Crippen LogP contribution in [0.5, 0.6) is 5.88 Å². The van der Waals surface area contributed by atoms with Gasteiger partial charge in [0.05, 0.1) is 12.7 Å². The minimum Gasteiger partial charge on any atom is -0.481 e. The predicted molar refractivity (Wildman–Crippen MR) is 100 cm³/mol. The van der Waals surface area contributed by atoms with Crippen molar-refractivity contribution in [2.45, 2.75) is 12.7 Å². The van der Waals surface area contributed by atoms with Gasteiger partial charge in [-0.05, 0) is 23.8 Å². The third kappa shape index (κ3) is 3.96. The number of benzene rings is 1. The minimum absolute atomic E-state index is 0.161. The van der Waals surface area contributed by atoms with Gasteiger partial charge in [-0.1, -0.05) is 12.1 Å². The quantitative estimate of drug-likeness (QED) is 0.525. The van der Waals surface area contributed by atoms with Crippen LogP contribution in [0.4, 0.5) is 19.0 Å². The van der Waals surface area contributed by atoms with Crippen molar-refractivity contribution in [2.24, 2.45) is 0 Å². The summed E-state index contributed by atoms with van der Waals surface area (Å²) in [6.45, 7) is 0.161. The van der Waals surface area contributed by atoms with Gasteiger partial charge in [-0.25, -0.2) is 19.9 Å². The molecular weight excluding hydrogens is 385 g/mol. The molecule has 2 N–H and O–H groups in total. The molecule has 3 heterocycles. The first kappa shape index (κ1) is 18.7. The summed E-state index contributed by atoms with van der Waals surface area (Å²) in [5, 5.41) is 3.04. The van der Waals surface area contributed by atoms with Crippen molar-refractivity contribution in [3.8, 4) is 17.3 Å². The molecule has 0 amide bonds. The lowest BCUT2D eigenvalue weighted by molar-refractivity contribution is -0.137. The Morgan fingerprint density at radius 3 is 2.69 bits per heavy atom. The lowest BCUT2D eigenvalue weighted by Gasteiger charge is -2.10. The number of nitrogens with one attached hydrogen (secondary N) is 2. The molecule has 0 bridgehead atoms. The number of pyridine rings is 1. The van der Waals surface area contributed by atoms with Crippen LogP contribution in [0.1, 0.15) is 11.1 Å². The van der Waals surface area contributed by atoms with E-state index in [0.717, 1.165) is 17.7 Å². The van der Waals surface area contributed by atoms with E-state index in [1.807, 2.05) is 0 Å². The minimum atomic E-state index is -4.39. The Hall–Kier alpha value is -3.69. The van der Waals surface area contributed by atoms with E-state index in [1.165, 1.54) is 19.5 Å². The first-order chi connectivity index (χ1) is 13.9. The van der Waals surface area contributed by atoms with E-state index in [9.17, 15) is 13.2 Å². The Bertz CT molecular complexity index is 1140. The fraction of sp³-hybridized carbons (Fsp3) is 0.158. The molecule has 0 fully saturated rings. The van der Waals surface area contributed by atoms with E-state index in [1.54, 1.807) is 24.4 Å². The number of aromatic nitrogens is 5. The number of methoxy groups -OCH3 is 1. The van der Waals surface area contributed by atoms with Gasteiger partial charge in [-0.3, -0.25) is 0 Å². The van der Waals surface area contributed by atoms with Crippen LogP contribution in [-0.2, 0) is 12.7 Å². The fourth-order valence-electron chi connectivity index (χ4n) is 2.78. The monoisotopic (exact) mass is 400 g/mol. The van der Waals surface area contributed by atoms with E-state index < -0.39 is 11.7 Å². The van der Waals surface area contributed by atoms with Gasteiger partial charge in [-0.2, -0.15) is 13.2 Å². The molecule has 10 heteroatoms. The molecule has 0 saturated heterocycles. The zero-order valence-corrected chi connectivity index (χ0v) is 15.2. The number of hydrogen-bond acceptors (Lipinski definition) is 6. The van der Waals surface area contributed by atoms with Gasteiger partial charge in [0.1, 0.15) is 17.7 Å². The summed E-state index contributed by atoms with van der Waals surface area (Å²) in [6.07, 6.45) is -1.43. The van der Waals surface area contributed by atoms with Crippen LogP contribution in [-0.4, -0.2) is 32.0 Å². The number of halogens is 3. The summed E-state index contributed by atoms with van der Waals surface area (Å²) >= 11 is 0. The molecule has 0 aliphatic rings. The van der Waals surface area contributed by atoms with E-state index in [0.29, 0.717) is 34.2 Å². The lowest BCUT2D eigenvalue weighted by Crippen LogP contribution is -2.07. The Morgan fingerprint density at radius 2 is 1.97 bits per heavy atom. The van der Waals surface area contributed by atoms with Crippen LogP contribution < -0.4 is 10.1 Å². The Balaban J connectivity index is 1.59. The van der Waals surface area contributed by atoms with Crippen LogP contribution >= 0.6 is 0 Å². The molecule has 4 rings (SSSR count). The SMILES string of the molecule is COc1ccc(-c2nc3ncnc(NCc4cccc(C(F)(F)F)c4)c3[nH]2)cn1. The molecule has 3 aromatic heterocycles. The van der Waals surface area contributed by atoms with Crippen molar-refractivity contribution in [1.29, 1.82) is 0 Å².